The molecule has 0 atom stereocenters. The molecule has 0 spiro atoms. The van der Waals surface area contributed by atoms with Crippen molar-refractivity contribution in [3.05, 3.63) is 5.69 Å². The molecular weight excluding hydrogens is 258 g/mol. The molecule has 17 heavy (non-hydrogen) atoms. The van der Waals surface area contributed by atoms with Gasteiger partial charge >= 0.3 is 0 Å². The van der Waals surface area contributed by atoms with Crippen LogP contribution in [0.3, 0.4) is 0 Å². The molecule has 2 N–H and O–H groups in total. The van der Waals surface area contributed by atoms with Crippen LogP contribution in [0.1, 0.15) is 32.4 Å². The zero-order chi connectivity index (χ0) is 13.2. The van der Waals surface area contributed by atoms with Crippen LogP contribution in [-0.2, 0) is 10.0 Å². The van der Waals surface area contributed by atoms with E-state index in [1.807, 2.05) is 13.8 Å². The Labute approximate surface area is 107 Å². The summed E-state index contributed by atoms with van der Waals surface area (Å²) in [6, 6.07) is 0.0164. The predicted octanol–water partition coefficient (Wildman–Crippen LogP) is 1.84. The highest BCUT2D eigenvalue weighted by Gasteiger charge is 2.29. The molecule has 1 aromatic heterocycles. The lowest BCUT2D eigenvalue weighted by atomic mass is 10.2. The van der Waals surface area contributed by atoms with Crippen molar-refractivity contribution in [3.8, 4) is 0 Å². The summed E-state index contributed by atoms with van der Waals surface area (Å²) in [5, 5.41) is 0.291. The van der Waals surface area contributed by atoms with E-state index >= 15 is 0 Å². The number of nitrogens with two attached hydrogens (primary N) is 1. The first-order chi connectivity index (χ1) is 7.84. The molecule has 1 heterocycles. The molecule has 0 aliphatic carbocycles. The summed E-state index contributed by atoms with van der Waals surface area (Å²) in [6.45, 7) is 5.63. The second-order valence-electron chi connectivity index (χ2n) is 3.92. The van der Waals surface area contributed by atoms with E-state index in [0.29, 0.717) is 10.8 Å². The molecule has 0 unspecified atom stereocenters. The first-order valence-electron chi connectivity index (χ1n) is 5.55. The van der Waals surface area contributed by atoms with Crippen LogP contribution in [0, 0.1) is 6.92 Å². The minimum atomic E-state index is -3.46. The van der Waals surface area contributed by atoms with Gasteiger partial charge in [-0.15, -0.1) is 0 Å². The SMILES string of the molecule is CCC(CC)N(C)S(=O)(=O)c1sc(N)nc1C. The van der Waals surface area contributed by atoms with Crippen molar-refractivity contribution in [3.63, 3.8) is 0 Å². The van der Waals surface area contributed by atoms with E-state index in [1.54, 1.807) is 14.0 Å². The lowest BCUT2D eigenvalue weighted by Gasteiger charge is -2.24. The fourth-order valence-electron chi connectivity index (χ4n) is 1.77. The molecule has 0 saturated heterocycles. The Hall–Kier alpha value is -0.660. The molecule has 0 aromatic carbocycles. The van der Waals surface area contributed by atoms with Crippen molar-refractivity contribution in [2.24, 2.45) is 0 Å². The van der Waals surface area contributed by atoms with Gasteiger partial charge in [0.1, 0.15) is 0 Å². The highest BCUT2D eigenvalue weighted by Crippen LogP contribution is 2.29. The van der Waals surface area contributed by atoms with E-state index in [4.69, 9.17) is 5.73 Å². The first-order valence-corrected chi connectivity index (χ1v) is 7.81. The summed E-state index contributed by atoms with van der Waals surface area (Å²) in [6.07, 6.45) is 1.58. The quantitative estimate of drug-likeness (QED) is 0.891. The average Bonchev–Trinajstić information content (AvgIpc) is 2.60. The van der Waals surface area contributed by atoms with Crippen molar-refractivity contribution >= 4 is 26.5 Å². The van der Waals surface area contributed by atoms with Gasteiger partial charge in [0.05, 0.1) is 5.69 Å². The number of sulfonamides is 1. The van der Waals surface area contributed by atoms with E-state index in [2.05, 4.69) is 4.98 Å². The van der Waals surface area contributed by atoms with Crippen LogP contribution in [0.4, 0.5) is 5.13 Å². The Morgan fingerprint density at radius 1 is 1.41 bits per heavy atom. The van der Waals surface area contributed by atoms with Gasteiger partial charge in [0.15, 0.2) is 9.34 Å². The molecule has 0 bridgehead atoms. The van der Waals surface area contributed by atoms with Gasteiger partial charge in [0.25, 0.3) is 10.0 Å². The van der Waals surface area contributed by atoms with E-state index < -0.39 is 10.0 Å². The summed E-state index contributed by atoms with van der Waals surface area (Å²) in [7, 11) is -1.85. The van der Waals surface area contributed by atoms with Crippen molar-refractivity contribution in [1.29, 1.82) is 0 Å². The Morgan fingerprint density at radius 2 is 1.94 bits per heavy atom. The molecule has 1 rings (SSSR count). The maximum atomic E-state index is 12.4. The largest absolute Gasteiger partial charge is 0.375 e. The number of hydrogen-bond acceptors (Lipinski definition) is 5. The minimum Gasteiger partial charge on any atom is -0.375 e. The molecule has 5 nitrogen and oxygen atoms in total. The fraction of sp³-hybridized carbons (Fsp3) is 0.700. The Bertz CT molecular complexity index is 478. The molecular formula is C10H19N3O2S2. The summed E-state index contributed by atoms with van der Waals surface area (Å²) in [5.74, 6) is 0. The number of hydrogen-bond donors (Lipinski definition) is 1. The zero-order valence-corrected chi connectivity index (χ0v) is 12.2. The smallest absolute Gasteiger partial charge is 0.254 e. The van der Waals surface area contributed by atoms with E-state index in [-0.39, 0.29) is 10.3 Å². The van der Waals surface area contributed by atoms with Gasteiger partial charge in [-0.2, -0.15) is 4.31 Å². The Morgan fingerprint density at radius 3 is 2.29 bits per heavy atom. The second kappa shape index (κ2) is 5.32. The van der Waals surface area contributed by atoms with Gasteiger partial charge in [-0.1, -0.05) is 25.2 Å². The third kappa shape index (κ3) is 2.78. The number of aromatic nitrogens is 1. The second-order valence-corrected chi connectivity index (χ2v) is 7.14. The van der Waals surface area contributed by atoms with Gasteiger partial charge in [-0.25, -0.2) is 13.4 Å². The lowest BCUT2D eigenvalue weighted by molar-refractivity contribution is 0.350. The van der Waals surface area contributed by atoms with Crippen LogP contribution in [-0.4, -0.2) is 30.8 Å². The summed E-state index contributed by atoms with van der Waals surface area (Å²) >= 11 is 1.03. The van der Waals surface area contributed by atoms with Gasteiger partial charge in [0, 0.05) is 13.1 Å². The third-order valence-corrected chi connectivity index (χ3v) is 6.32. The van der Waals surface area contributed by atoms with E-state index in [0.717, 1.165) is 24.2 Å². The maximum absolute atomic E-state index is 12.4. The minimum absolute atomic E-state index is 0.0164. The van der Waals surface area contributed by atoms with Crippen molar-refractivity contribution in [2.75, 3.05) is 12.8 Å². The zero-order valence-electron chi connectivity index (χ0n) is 10.6. The van der Waals surface area contributed by atoms with Crippen LogP contribution < -0.4 is 5.73 Å². The summed E-state index contributed by atoms with van der Waals surface area (Å²) < 4.78 is 26.4. The standard InChI is InChI=1S/C10H19N3O2S2/c1-5-8(6-2)13(4)17(14,15)9-7(3)12-10(11)16-9/h8H,5-6H2,1-4H3,(H2,11,12). The van der Waals surface area contributed by atoms with Gasteiger partial charge < -0.3 is 5.73 Å². The number of rotatable bonds is 5. The molecule has 7 heteroatoms. The number of nitrogens with zero attached hydrogens (tertiary/aromatic N) is 2. The summed E-state index contributed by atoms with van der Waals surface area (Å²) in [5.41, 5.74) is 6.02. The molecule has 1 aromatic rings. The number of thiazole rings is 1. The van der Waals surface area contributed by atoms with Crippen LogP contribution in [0.5, 0.6) is 0 Å². The Balaban J connectivity index is 3.15. The van der Waals surface area contributed by atoms with Crippen molar-refractivity contribution in [1.82, 2.24) is 9.29 Å². The van der Waals surface area contributed by atoms with Gasteiger partial charge in [0.2, 0.25) is 0 Å². The average molecular weight is 277 g/mol. The molecule has 0 amide bonds. The van der Waals surface area contributed by atoms with Crippen LogP contribution in [0.15, 0.2) is 4.21 Å². The lowest BCUT2D eigenvalue weighted by Crippen LogP contribution is -2.36. The Kier molecular flexibility index (Phi) is 4.51. The highest BCUT2D eigenvalue weighted by molar-refractivity contribution is 7.91. The van der Waals surface area contributed by atoms with Crippen LogP contribution >= 0.6 is 11.3 Å². The maximum Gasteiger partial charge on any atom is 0.254 e. The molecule has 0 aliphatic rings. The topological polar surface area (TPSA) is 76.3 Å². The van der Waals surface area contributed by atoms with Crippen molar-refractivity contribution < 1.29 is 8.42 Å². The first kappa shape index (κ1) is 14.4. The van der Waals surface area contributed by atoms with E-state index in [9.17, 15) is 8.42 Å². The normalized spacial score (nSPS) is 12.6. The van der Waals surface area contributed by atoms with Crippen LogP contribution in [0.25, 0.3) is 0 Å². The van der Waals surface area contributed by atoms with E-state index in [1.165, 1.54) is 4.31 Å². The van der Waals surface area contributed by atoms with Gasteiger partial charge in [-0.3, -0.25) is 0 Å². The molecule has 0 fully saturated rings. The fourth-order valence-corrected chi connectivity index (χ4v) is 4.74. The number of nitrogen functional groups attached to an aromatic ring is 1. The number of anilines is 1. The highest BCUT2D eigenvalue weighted by atomic mass is 32.2. The van der Waals surface area contributed by atoms with Crippen LogP contribution in [0.2, 0.25) is 0 Å². The molecule has 0 aliphatic heterocycles. The van der Waals surface area contributed by atoms with Gasteiger partial charge in [-0.05, 0) is 19.8 Å². The summed E-state index contributed by atoms with van der Waals surface area (Å²) in [4.78, 5) is 3.96. The predicted molar refractivity (Wildman–Crippen MR) is 70.6 cm³/mol. The molecule has 0 radical (unpaired) electrons. The molecule has 0 saturated carbocycles. The third-order valence-electron chi connectivity index (χ3n) is 2.84. The monoisotopic (exact) mass is 277 g/mol. The molecule has 98 valence electrons. The number of aryl methyl sites for hydroxylation is 1. The van der Waals surface area contributed by atoms with Crippen molar-refractivity contribution in [2.45, 2.75) is 43.9 Å².